The van der Waals surface area contributed by atoms with Gasteiger partial charge in [-0.3, -0.25) is 4.79 Å². The molecule has 0 aromatic heterocycles. The summed E-state index contributed by atoms with van der Waals surface area (Å²) in [5.41, 5.74) is 6.01. The minimum absolute atomic E-state index is 0.0347. The molecule has 2 atom stereocenters. The van der Waals surface area contributed by atoms with Crippen molar-refractivity contribution in [3.8, 4) is 0 Å². The van der Waals surface area contributed by atoms with Crippen LogP contribution in [0.2, 0.25) is 0 Å². The summed E-state index contributed by atoms with van der Waals surface area (Å²) in [6.45, 7) is 0.0347. The lowest BCUT2D eigenvalue weighted by Crippen LogP contribution is -2.46. The summed E-state index contributed by atoms with van der Waals surface area (Å²) in [7, 11) is 1.42. The van der Waals surface area contributed by atoms with Gasteiger partial charge in [0.1, 0.15) is 6.04 Å². The first-order valence-corrected chi connectivity index (χ1v) is 5.39. The molecule has 4 N–H and O–H groups in total. The molecular weight excluding hydrogens is 236 g/mol. The van der Waals surface area contributed by atoms with Crippen LogP contribution in [0.4, 0.5) is 0 Å². The Morgan fingerprint density at radius 2 is 2.00 bits per heavy atom. The van der Waals surface area contributed by atoms with Crippen LogP contribution in [0.25, 0.3) is 0 Å². The predicted molar refractivity (Wildman–Crippen MR) is 64.8 cm³/mol. The zero-order chi connectivity index (χ0) is 13.5. The number of carbonyl (C=O) groups excluding carboxylic acids is 1. The Bertz CT molecular complexity index is 408. The number of carboxylic acid groups (broad SMARTS) is 1. The van der Waals surface area contributed by atoms with Gasteiger partial charge in [0.2, 0.25) is 5.91 Å². The average Bonchev–Trinajstić information content (AvgIpc) is 2.36. The normalized spacial score (nSPS) is 13.7. The lowest BCUT2D eigenvalue weighted by molar-refractivity contribution is -0.142. The second kappa shape index (κ2) is 6.73. The van der Waals surface area contributed by atoms with E-state index in [1.807, 2.05) is 0 Å². The molecule has 6 nitrogen and oxygen atoms in total. The van der Waals surface area contributed by atoms with Gasteiger partial charge in [-0.15, -0.1) is 0 Å². The highest BCUT2D eigenvalue weighted by Crippen LogP contribution is 2.12. The predicted octanol–water partition coefficient (Wildman–Crippen LogP) is -0.0978. The van der Waals surface area contributed by atoms with E-state index in [1.54, 1.807) is 30.3 Å². The van der Waals surface area contributed by atoms with Crippen molar-refractivity contribution in [1.82, 2.24) is 5.32 Å². The molecule has 18 heavy (non-hydrogen) atoms. The third kappa shape index (κ3) is 3.83. The van der Waals surface area contributed by atoms with E-state index < -0.39 is 24.0 Å². The number of aliphatic carboxylic acids is 1. The summed E-state index contributed by atoms with van der Waals surface area (Å²) >= 11 is 0. The Hall–Kier alpha value is -1.92. The van der Waals surface area contributed by atoms with Crippen LogP contribution in [0.3, 0.4) is 0 Å². The molecule has 0 aliphatic rings. The highest BCUT2D eigenvalue weighted by Gasteiger charge is 2.24. The van der Waals surface area contributed by atoms with E-state index in [0.717, 1.165) is 0 Å². The summed E-state index contributed by atoms with van der Waals surface area (Å²) < 4.78 is 4.74. The number of ether oxygens (including phenoxy) is 1. The third-order valence-corrected chi connectivity index (χ3v) is 2.35. The van der Waals surface area contributed by atoms with Crippen molar-refractivity contribution < 1.29 is 19.4 Å². The highest BCUT2D eigenvalue weighted by atomic mass is 16.5. The molecule has 0 aliphatic heterocycles. The maximum Gasteiger partial charge on any atom is 0.330 e. The van der Waals surface area contributed by atoms with Crippen LogP contribution in [0.15, 0.2) is 30.3 Å². The van der Waals surface area contributed by atoms with Crippen LogP contribution in [0.1, 0.15) is 11.6 Å². The quantitative estimate of drug-likeness (QED) is 0.656. The smallest absolute Gasteiger partial charge is 0.330 e. The number of nitrogens with one attached hydrogen (secondary N) is 1. The van der Waals surface area contributed by atoms with Crippen molar-refractivity contribution in [2.24, 2.45) is 5.73 Å². The van der Waals surface area contributed by atoms with Crippen LogP contribution < -0.4 is 11.1 Å². The Morgan fingerprint density at radius 3 is 2.50 bits per heavy atom. The number of nitrogens with two attached hydrogens (primary N) is 1. The molecule has 1 aromatic carbocycles. The molecule has 1 rings (SSSR count). The van der Waals surface area contributed by atoms with Gasteiger partial charge in [-0.1, -0.05) is 30.3 Å². The number of methoxy groups -OCH3 is 1. The van der Waals surface area contributed by atoms with Gasteiger partial charge in [-0.2, -0.15) is 0 Å². The Kier molecular flexibility index (Phi) is 5.29. The van der Waals surface area contributed by atoms with Crippen LogP contribution in [0.5, 0.6) is 0 Å². The Morgan fingerprint density at radius 1 is 1.39 bits per heavy atom. The standard InChI is InChI=1S/C12H16N2O4/c1-18-7-9(13)11(15)14-10(12(16)17)8-5-3-2-4-6-8/h2-6,9-10H,7,13H2,1H3,(H,14,15)(H,16,17)/t9?,10-/m0/s1. The number of hydrogen-bond acceptors (Lipinski definition) is 4. The molecule has 1 unspecified atom stereocenters. The van der Waals surface area contributed by atoms with Crippen LogP contribution in [-0.2, 0) is 14.3 Å². The number of hydrogen-bond donors (Lipinski definition) is 3. The Balaban J connectivity index is 2.76. The van der Waals surface area contributed by atoms with Gasteiger partial charge in [-0.05, 0) is 5.56 Å². The molecule has 0 aliphatic carbocycles. The monoisotopic (exact) mass is 252 g/mol. The first kappa shape index (κ1) is 14.1. The number of carbonyl (C=O) groups is 2. The maximum absolute atomic E-state index is 11.6. The van der Waals surface area contributed by atoms with E-state index >= 15 is 0 Å². The third-order valence-electron chi connectivity index (χ3n) is 2.35. The van der Waals surface area contributed by atoms with Crippen LogP contribution in [0, 0.1) is 0 Å². The van der Waals surface area contributed by atoms with Crippen LogP contribution >= 0.6 is 0 Å². The number of rotatable bonds is 6. The van der Waals surface area contributed by atoms with E-state index in [4.69, 9.17) is 15.6 Å². The second-order valence-electron chi connectivity index (χ2n) is 3.75. The van der Waals surface area contributed by atoms with Gasteiger partial charge in [0.05, 0.1) is 6.61 Å². The summed E-state index contributed by atoms with van der Waals surface area (Å²) in [6, 6.07) is 6.42. The molecule has 98 valence electrons. The van der Waals surface area contributed by atoms with E-state index in [-0.39, 0.29) is 6.61 Å². The van der Waals surface area contributed by atoms with E-state index in [9.17, 15) is 9.59 Å². The van der Waals surface area contributed by atoms with Crippen molar-refractivity contribution in [2.75, 3.05) is 13.7 Å². The molecule has 0 radical (unpaired) electrons. The fraction of sp³-hybridized carbons (Fsp3) is 0.333. The van der Waals surface area contributed by atoms with Crippen molar-refractivity contribution in [3.63, 3.8) is 0 Å². The molecule has 0 fully saturated rings. The number of benzene rings is 1. The van der Waals surface area contributed by atoms with Gasteiger partial charge in [-0.25, -0.2) is 4.79 Å². The van der Waals surface area contributed by atoms with Gasteiger partial charge < -0.3 is 20.9 Å². The fourth-order valence-corrected chi connectivity index (χ4v) is 1.44. The highest BCUT2D eigenvalue weighted by molar-refractivity contribution is 5.87. The van der Waals surface area contributed by atoms with E-state index in [1.165, 1.54) is 7.11 Å². The minimum atomic E-state index is -1.14. The van der Waals surface area contributed by atoms with Crippen LogP contribution in [-0.4, -0.2) is 36.7 Å². The second-order valence-corrected chi connectivity index (χ2v) is 3.75. The average molecular weight is 252 g/mol. The molecule has 0 saturated heterocycles. The first-order valence-electron chi connectivity index (χ1n) is 5.39. The minimum Gasteiger partial charge on any atom is -0.479 e. The number of amides is 1. The van der Waals surface area contributed by atoms with Crippen molar-refractivity contribution in [2.45, 2.75) is 12.1 Å². The Labute approximate surface area is 105 Å². The first-order chi connectivity index (χ1) is 8.56. The fourth-order valence-electron chi connectivity index (χ4n) is 1.44. The summed E-state index contributed by atoms with van der Waals surface area (Å²) in [5, 5.41) is 11.5. The lowest BCUT2D eigenvalue weighted by Gasteiger charge is -2.17. The molecule has 0 saturated carbocycles. The summed E-state index contributed by atoms with van der Waals surface area (Å²) in [6.07, 6.45) is 0. The molecule has 1 aromatic rings. The molecule has 0 bridgehead atoms. The van der Waals surface area contributed by atoms with Crippen molar-refractivity contribution in [1.29, 1.82) is 0 Å². The summed E-state index contributed by atoms with van der Waals surface area (Å²) in [4.78, 5) is 22.8. The maximum atomic E-state index is 11.6. The van der Waals surface area contributed by atoms with Gasteiger partial charge in [0.15, 0.2) is 6.04 Å². The van der Waals surface area contributed by atoms with Crippen molar-refractivity contribution >= 4 is 11.9 Å². The molecule has 1 amide bonds. The van der Waals surface area contributed by atoms with Crippen molar-refractivity contribution in [3.05, 3.63) is 35.9 Å². The SMILES string of the molecule is COCC(N)C(=O)N[C@H](C(=O)O)c1ccccc1. The molecule has 6 heteroatoms. The van der Waals surface area contributed by atoms with Gasteiger partial charge in [0, 0.05) is 7.11 Å². The van der Waals surface area contributed by atoms with E-state index in [2.05, 4.69) is 5.32 Å². The zero-order valence-electron chi connectivity index (χ0n) is 10.00. The largest absolute Gasteiger partial charge is 0.479 e. The van der Waals surface area contributed by atoms with Gasteiger partial charge in [0.25, 0.3) is 0 Å². The zero-order valence-corrected chi connectivity index (χ0v) is 10.00. The molecule has 0 spiro atoms. The lowest BCUT2D eigenvalue weighted by atomic mass is 10.1. The topological polar surface area (TPSA) is 102 Å². The van der Waals surface area contributed by atoms with E-state index in [0.29, 0.717) is 5.56 Å². The molecular formula is C12H16N2O4. The number of carboxylic acids is 1. The van der Waals surface area contributed by atoms with Gasteiger partial charge >= 0.3 is 5.97 Å². The summed E-state index contributed by atoms with van der Waals surface area (Å²) in [5.74, 6) is -1.70. The molecule has 0 heterocycles.